The smallest absolute Gasteiger partial charge is 0.283 e. The van der Waals surface area contributed by atoms with Gasteiger partial charge in [0.05, 0.1) is 30.4 Å². The Balaban J connectivity index is 1.26. The van der Waals surface area contributed by atoms with E-state index in [0.29, 0.717) is 42.3 Å². The topological polar surface area (TPSA) is 95.5 Å². The summed E-state index contributed by atoms with van der Waals surface area (Å²) in [6.07, 6.45) is 4.39. The molecule has 0 saturated carbocycles. The minimum atomic E-state index is -0.433. The number of halogens is 1. The number of nitrogens with one attached hydrogen (secondary N) is 1. The molecule has 3 aliphatic rings. The zero-order valence-electron chi connectivity index (χ0n) is 18.3. The number of hydrazone groups is 1. The highest BCUT2D eigenvalue weighted by molar-refractivity contribution is 8.26. The molecular weight excluding hydrogens is 476 g/mol. The van der Waals surface area contributed by atoms with Gasteiger partial charge in [0.25, 0.3) is 5.91 Å². The van der Waals surface area contributed by atoms with Crippen LogP contribution in [-0.4, -0.2) is 69.5 Å². The third kappa shape index (κ3) is 4.75. The van der Waals surface area contributed by atoms with Crippen molar-refractivity contribution in [1.82, 2.24) is 14.5 Å². The highest BCUT2D eigenvalue weighted by Gasteiger charge is 2.37. The predicted molar refractivity (Wildman–Crippen MR) is 133 cm³/mol. The van der Waals surface area contributed by atoms with Gasteiger partial charge in [0.2, 0.25) is 5.17 Å². The number of amidine groups is 3. The molecule has 11 heteroatoms. The summed E-state index contributed by atoms with van der Waals surface area (Å²) in [5.41, 5.74) is 1.03. The number of ether oxygens (including phenoxy) is 2. The maximum atomic E-state index is 12.8. The number of carbonyl (C=O) groups is 1. The van der Waals surface area contributed by atoms with Gasteiger partial charge in [-0.25, -0.2) is 0 Å². The Morgan fingerprint density at radius 1 is 1.18 bits per heavy atom. The minimum absolute atomic E-state index is 0.0283. The number of fused-ring (bicyclic) bond motifs is 1. The fourth-order valence-electron chi connectivity index (χ4n) is 3.75. The number of nitrogens with zero attached hydrogens (tertiary/aromatic N) is 5. The molecule has 1 amide bonds. The quantitative estimate of drug-likeness (QED) is 0.483. The van der Waals surface area contributed by atoms with Crippen molar-refractivity contribution in [2.75, 3.05) is 32.9 Å². The van der Waals surface area contributed by atoms with Crippen LogP contribution in [-0.2, 0) is 16.1 Å². The first-order valence-corrected chi connectivity index (χ1v) is 12.1. The number of aromatic nitrogens is 1. The second-order valence-corrected chi connectivity index (χ2v) is 9.10. The highest BCUT2D eigenvalue weighted by atomic mass is 35.5. The summed E-state index contributed by atoms with van der Waals surface area (Å²) in [5, 5.41) is 16.3. The molecule has 0 spiro atoms. The third-order valence-corrected chi connectivity index (χ3v) is 6.80. The number of hydrogen-bond acceptors (Lipinski definition) is 7. The summed E-state index contributed by atoms with van der Waals surface area (Å²) in [6.45, 7) is 3.91. The van der Waals surface area contributed by atoms with E-state index >= 15 is 0 Å². The van der Waals surface area contributed by atoms with Gasteiger partial charge in [-0.15, -0.1) is 5.10 Å². The van der Waals surface area contributed by atoms with Crippen LogP contribution in [0.15, 0.2) is 58.3 Å². The molecule has 34 heavy (non-hydrogen) atoms. The number of thioether (sulfide) groups is 1. The zero-order chi connectivity index (χ0) is 23.5. The lowest BCUT2D eigenvalue weighted by molar-refractivity contribution is -0.114. The monoisotopic (exact) mass is 498 g/mol. The van der Waals surface area contributed by atoms with E-state index in [2.05, 4.69) is 15.0 Å². The Labute approximate surface area is 206 Å². The van der Waals surface area contributed by atoms with E-state index in [4.69, 9.17) is 26.5 Å². The Morgan fingerprint density at radius 3 is 2.82 bits per heavy atom. The summed E-state index contributed by atoms with van der Waals surface area (Å²) < 4.78 is 13.2. The third-order valence-electron chi connectivity index (χ3n) is 5.52. The first-order chi connectivity index (χ1) is 16.6. The van der Waals surface area contributed by atoms with Gasteiger partial charge in [0, 0.05) is 31.5 Å². The largest absolute Gasteiger partial charge is 0.492 e. The second kappa shape index (κ2) is 10.0. The lowest BCUT2D eigenvalue weighted by Crippen LogP contribution is -2.39. The molecule has 0 bridgehead atoms. The molecule has 1 aromatic heterocycles. The number of hydrogen-bond donors (Lipinski definition) is 1. The van der Waals surface area contributed by atoms with E-state index in [1.54, 1.807) is 12.1 Å². The van der Waals surface area contributed by atoms with Crippen LogP contribution in [0.1, 0.15) is 12.1 Å². The molecule has 0 unspecified atom stereocenters. The van der Waals surface area contributed by atoms with Gasteiger partial charge < -0.3 is 18.9 Å². The SMILES string of the molecule is N=C1/C(=C\c2cccn2CCCOc2ccccc2Cl)C(=O)N=C2SC(N3CCOCC3)=NN12. The molecule has 5 rings (SSSR count). The minimum Gasteiger partial charge on any atom is -0.492 e. The highest BCUT2D eigenvalue weighted by Crippen LogP contribution is 2.30. The van der Waals surface area contributed by atoms with Gasteiger partial charge in [0.1, 0.15) is 5.75 Å². The summed E-state index contributed by atoms with van der Waals surface area (Å²) >= 11 is 7.45. The van der Waals surface area contributed by atoms with Crippen LogP contribution < -0.4 is 4.74 Å². The van der Waals surface area contributed by atoms with Crippen molar-refractivity contribution in [1.29, 1.82) is 5.41 Å². The average molecular weight is 499 g/mol. The molecule has 9 nitrogen and oxygen atoms in total. The molecule has 4 heterocycles. The maximum absolute atomic E-state index is 12.8. The van der Waals surface area contributed by atoms with Crippen molar-refractivity contribution in [2.24, 2.45) is 10.1 Å². The van der Waals surface area contributed by atoms with Crippen LogP contribution >= 0.6 is 23.4 Å². The lowest BCUT2D eigenvalue weighted by atomic mass is 10.1. The number of amides is 1. The van der Waals surface area contributed by atoms with Gasteiger partial charge in [-0.2, -0.15) is 10.0 Å². The van der Waals surface area contributed by atoms with Crippen molar-refractivity contribution in [3.05, 3.63) is 58.9 Å². The first kappa shape index (κ1) is 22.7. The van der Waals surface area contributed by atoms with Crippen molar-refractivity contribution in [3.8, 4) is 5.75 Å². The van der Waals surface area contributed by atoms with Crippen molar-refractivity contribution in [2.45, 2.75) is 13.0 Å². The Bertz CT molecular complexity index is 1200. The molecule has 1 aromatic carbocycles. The number of para-hydroxylation sites is 1. The summed E-state index contributed by atoms with van der Waals surface area (Å²) in [4.78, 5) is 19.0. The van der Waals surface area contributed by atoms with Gasteiger partial charge in [-0.3, -0.25) is 10.2 Å². The van der Waals surface area contributed by atoms with Crippen LogP contribution in [0, 0.1) is 5.41 Å². The molecule has 0 aliphatic carbocycles. The summed E-state index contributed by atoms with van der Waals surface area (Å²) in [7, 11) is 0. The van der Waals surface area contributed by atoms with Crippen LogP contribution in [0.4, 0.5) is 0 Å². The van der Waals surface area contributed by atoms with E-state index in [9.17, 15) is 4.79 Å². The lowest BCUT2D eigenvalue weighted by Gasteiger charge is -2.26. The van der Waals surface area contributed by atoms with Crippen LogP contribution in [0.2, 0.25) is 5.02 Å². The summed E-state index contributed by atoms with van der Waals surface area (Å²) in [5.74, 6) is 0.256. The normalized spacial score (nSPS) is 19.4. The number of benzene rings is 1. The fraction of sp³-hybridized carbons (Fsp3) is 0.304. The van der Waals surface area contributed by atoms with Crippen molar-refractivity contribution in [3.63, 3.8) is 0 Å². The van der Waals surface area contributed by atoms with Crippen molar-refractivity contribution < 1.29 is 14.3 Å². The van der Waals surface area contributed by atoms with Gasteiger partial charge in [0.15, 0.2) is 11.0 Å². The molecule has 1 fully saturated rings. The Morgan fingerprint density at radius 2 is 2.00 bits per heavy atom. The number of aliphatic imine (C=N–C) groups is 1. The molecule has 1 N–H and O–H groups in total. The van der Waals surface area contributed by atoms with Crippen LogP contribution in [0.5, 0.6) is 5.75 Å². The molecule has 2 aromatic rings. The van der Waals surface area contributed by atoms with Crippen molar-refractivity contribution >= 4 is 51.5 Å². The molecule has 1 saturated heterocycles. The molecule has 176 valence electrons. The second-order valence-electron chi connectivity index (χ2n) is 7.76. The predicted octanol–water partition coefficient (Wildman–Crippen LogP) is 3.52. The summed E-state index contributed by atoms with van der Waals surface area (Å²) in [6, 6.07) is 11.2. The first-order valence-electron chi connectivity index (χ1n) is 11.0. The number of rotatable bonds is 6. The molecule has 0 atom stereocenters. The number of carbonyl (C=O) groups excluding carboxylic acids is 1. The van der Waals surface area contributed by atoms with Gasteiger partial charge in [-0.1, -0.05) is 23.7 Å². The number of morpholine rings is 1. The van der Waals surface area contributed by atoms with E-state index in [1.807, 2.05) is 41.1 Å². The fourth-order valence-corrected chi connectivity index (χ4v) is 4.89. The maximum Gasteiger partial charge on any atom is 0.283 e. The van der Waals surface area contributed by atoms with Crippen LogP contribution in [0.25, 0.3) is 6.08 Å². The van der Waals surface area contributed by atoms with E-state index in [1.165, 1.54) is 16.8 Å². The molecule has 3 aliphatic heterocycles. The average Bonchev–Trinajstić information content (AvgIpc) is 3.48. The zero-order valence-corrected chi connectivity index (χ0v) is 19.9. The van der Waals surface area contributed by atoms with E-state index < -0.39 is 5.91 Å². The van der Waals surface area contributed by atoms with Gasteiger partial charge >= 0.3 is 0 Å². The molecular formula is C23H23ClN6O3S. The Kier molecular flexibility index (Phi) is 6.70. The number of aryl methyl sites for hydroxylation is 1. The standard InChI is InChI=1S/C23H23ClN6O3S/c24-18-6-1-2-7-19(18)33-12-4-9-28-8-3-5-16(28)15-17-20(25)30-22(26-21(17)31)34-23(27-30)29-10-13-32-14-11-29/h1-3,5-8,15,25H,4,9-14H2/b17-15+,25-20?. The Hall–Kier alpha value is -3.08. The van der Waals surface area contributed by atoms with Gasteiger partial charge in [-0.05, 0) is 48.5 Å². The molecule has 0 radical (unpaired) electrons. The van der Waals surface area contributed by atoms with E-state index in [0.717, 1.165) is 30.4 Å². The van der Waals surface area contributed by atoms with E-state index in [-0.39, 0.29) is 11.4 Å². The van der Waals surface area contributed by atoms with Crippen LogP contribution in [0.3, 0.4) is 0 Å².